The van der Waals surface area contributed by atoms with Gasteiger partial charge < -0.3 is 15.0 Å². The number of nitrogens with one attached hydrogen (secondary N) is 1. The number of morpholine rings is 1. The zero-order valence-corrected chi connectivity index (χ0v) is 12.4. The van der Waals surface area contributed by atoms with Gasteiger partial charge in [-0.25, -0.2) is 4.39 Å². The average molecular weight is 303 g/mol. The average Bonchev–Trinajstić information content (AvgIpc) is 2.56. The second kappa shape index (κ2) is 6.27. The monoisotopic (exact) mass is 303 g/mol. The van der Waals surface area contributed by atoms with Crippen LogP contribution in [0.4, 0.5) is 10.1 Å². The molecule has 0 spiro atoms. The highest BCUT2D eigenvalue weighted by Crippen LogP contribution is 2.24. The fraction of sp³-hybridized carbons (Fsp3) is 0.375. The normalized spacial score (nSPS) is 16.5. The number of rotatable bonds is 3. The molecule has 0 unspecified atom stereocenters. The van der Waals surface area contributed by atoms with Crippen LogP contribution in [0.25, 0.3) is 10.9 Å². The van der Waals surface area contributed by atoms with Gasteiger partial charge in [-0.05, 0) is 19.1 Å². The molecule has 1 amide bonds. The summed E-state index contributed by atoms with van der Waals surface area (Å²) < 4.78 is 19.0. The van der Waals surface area contributed by atoms with E-state index < -0.39 is 6.04 Å². The number of pyridine rings is 1. The lowest BCUT2D eigenvalue weighted by Crippen LogP contribution is -2.47. The van der Waals surface area contributed by atoms with E-state index in [4.69, 9.17) is 4.74 Å². The first kappa shape index (κ1) is 14.7. The summed E-state index contributed by atoms with van der Waals surface area (Å²) in [5.41, 5.74) is 1.01. The molecule has 5 nitrogen and oxygen atoms in total. The van der Waals surface area contributed by atoms with Crippen LogP contribution in [0, 0.1) is 5.82 Å². The lowest BCUT2D eigenvalue weighted by Gasteiger charge is -2.29. The Balaban J connectivity index is 1.80. The van der Waals surface area contributed by atoms with E-state index in [-0.39, 0.29) is 11.7 Å². The van der Waals surface area contributed by atoms with Crippen molar-refractivity contribution in [2.45, 2.75) is 13.0 Å². The third-order valence-electron chi connectivity index (χ3n) is 3.79. The summed E-state index contributed by atoms with van der Waals surface area (Å²) >= 11 is 0. The van der Waals surface area contributed by atoms with Crippen molar-refractivity contribution in [2.75, 3.05) is 31.6 Å². The van der Waals surface area contributed by atoms with E-state index in [1.165, 1.54) is 6.07 Å². The molecule has 0 radical (unpaired) electrons. The molecule has 1 atom stereocenters. The quantitative estimate of drug-likeness (QED) is 0.942. The first-order valence-electron chi connectivity index (χ1n) is 7.33. The number of benzene rings is 1. The number of halogens is 1. The summed E-state index contributed by atoms with van der Waals surface area (Å²) in [6.07, 6.45) is 1.54. The van der Waals surface area contributed by atoms with Crippen molar-refractivity contribution in [1.82, 2.24) is 9.88 Å². The van der Waals surface area contributed by atoms with Gasteiger partial charge in [0.25, 0.3) is 0 Å². The molecule has 1 aromatic heterocycles. The molecular weight excluding hydrogens is 285 g/mol. The van der Waals surface area contributed by atoms with Crippen molar-refractivity contribution in [3.63, 3.8) is 0 Å². The summed E-state index contributed by atoms with van der Waals surface area (Å²) in [7, 11) is 0. The van der Waals surface area contributed by atoms with Gasteiger partial charge in [-0.15, -0.1) is 0 Å². The Morgan fingerprint density at radius 3 is 2.91 bits per heavy atom. The van der Waals surface area contributed by atoms with Crippen LogP contribution in [0.2, 0.25) is 0 Å². The zero-order valence-electron chi connectivity index (χ0n) is 12.4. The highest BCUT2D eigenvalue weighted by Gasteiger charge is 2.22. The molecule has 116 valence electrons. The Kier molecular flexibility index (Phi) is 4.20. The molecule has 2 heterocycles. The van der Waals surface area contributed by atoms with Gasteiger partial charge in [-0.1, -0.05) is 12.1 Å². The highest BCUT2D eigenvalue weighted by atomic mass is 19.1. The number of ether oxygens (including phenoxy) is 1. The van der Waals surface area contributed by atoms with Crippen LogP contribution in [0.15, 0.2) is 30.5 Å². The SMILES string of the molecule is C[C@H](Nc1ccnc2c(F)cccc12)C(=O)N1CCOCC1. The number of fused-ring (bicyclic) bond motifs is 1. The van der Waals surface area contributed by atoms with Gasteiger partial charge in [-0.3, -0.25) is 9.78 Å². The van der Waals surface area contributed by atoms with Gasteiger partial charge in [0, 0.05) is 30.4 Å². The van der Waals surface area contributed by atoms with Crippen molar-refractivity contribution in [1.29, 1.82) is 0 Å². The lowest BCUT2D eigenvalue weighted by molar-refractivity contribution is -0.135. The minimum atomic E-state index is -0.396. The Bertz CT molecular complexity index is 686. The first-order valence-corrected chi connectivity index (χ1v) is 7.33. The van der Waals surface area contributed by atoms with Gasteiger partial charge in [0.15, 0.2) is 0 Å². The summed E-state index contributed by atoms with van der Waals surface area (Å²) in [6, 6.07) is 6.16. The second-order valence-electron chi connectivity index (χ2n) is 5.30. The number of carbonyl (C=O) groups is 1. The molecule has 22 heavy (non-hydrogen) atoms. The molecule has 0 aliphatic carbocycles. The Morgan fingerprint density at radius 2 is 2.14 bits per heavy atom. The number of anilines is 1. The number of amides is 1. The van der Waals surface area contributed by atoms with Crippen molar-refractivity contribution >= 4 is 22.5 Å². The zero-order chi connectivity index (χ0) is 15.5. The van der Waals surface area contributed by atoms with E-state index in [2.05, 4.69) is 10.3 Å². The molecular formula is C16H18FN3O2. The van der Waals surface area contributed by atoms with Gasteiger partial charge >= 0.3 is 0 Å². The Hall–Kier alpha value is -2.21. The van der Waals surface area contributed by atoms with Crippen molar-refractivity contribution < 1.29 is 13.9 Å². The standard InChI is InChI=1S/C16H18FN3O2/c1-11(16(21)20-7-9-22-10-8-20)19-14-5-6-18-15-12(14)3-2-4-13(15)17/h2-6,11H,7-10H2,1H3,(H,18,19)/t11-/m0/s1. The number of aromatic nitrogens is 1. The van der Waals surface area contributed by atoms with Crippen molar-refractivity contribution in [2.24, 2.45) is 0 Å². The number of hydrogen-bond acceptors (Lipinski definition) is 4. The topological polar surface area (TPSA) is 54.5 Å². The number of hydrogen-bond donors (Lipinski definition) is 1. The fourth-order valence-corrected chi connectivity index (χ4v) is 2.62. The lowest BCUT2D eigenvalue weighted by atomic mass is 10.1. The van der Waals surface area contributed by atoms with Crippen LogP contribution >= 0.6 is 0 Å². The number of para-hydroxylation sites is 1. The fourth-order valence-electron chi connectivity index (χ4n) is 2.62. The van der Waals surface area contributed by atoms with Gasteiger partial charge in [0.05, 0.1) is 13.2 Å². The summed E-state index contributed by atoms with van der Waals surface area (Å²) in [6.45, 7) is 4.17. The molecule has 2 aromatic rings. The van der Waals surface area contributed by atoms with Gasteiger partial charge in [-0.2, -0.15) is 0 Å². The van der Waals surface area contributed by atoms with E-state index in [1.54, 1.807) is 29.3 Å². The van der Waals surface area contributed by atoms with Crippen LogP contribution in [0.1, 0.15) is 6.92 Å². The number of carbonyl (C=O) groups excluding carboxylic acids is 1. The molecule has 1 aliphatic rings. The molecule has 3 rings (SSSR count). The minimum Gasteiger partial charge on any atom is -0.378 e. The molecule has 1 fully saturated rings. The first-order chi connectivity index (χ1) is 10.7. The van der Waals surface area contributed by atoms with Gasteiger partial charge in [0.2, 0.25) is 5.91 Å². The van der Waals surface area contributed by atoms with Crippen LogP contribution < -0.4 is 5.32 Å². The third-order valence-corrected chi connectivity index (χ3v) is 3.79. The summed E-state index contributed by atoms with van der Waals surface area (Å²) in [5, 5.41) is 3.84. The molecule has 1 aliphatic heterocycles. The molecule has 0 saturated carbocycles. The van der Waals surface area contributed by atoms with E-state index in [0.29, 0.717) is 42.9 Å². The van der Waals surface area contributed by atoms with E-state index >= 15 is 0 Å². The maximum Gasteiger partial charge on any atom is 0.244 e. The summed E-state index contributed by atoms with van der Waals surface area (Å²) in [4.78, 5) is 18.3. The summed E-state index contributed by atoms with van der Waals surface area (Å²) in [5.74, 6) is -0.349. The third kappa shape index (κ3) is 2.87. The second-order valence-corrected chi connectivity index (χ2v) is 5.30. The molecule has 1 saturated heterocycles. The van der Waals surface area contributed by atoms with E-state index in [0.717, 1.165) is 0 Å². The molecule has 0 bridgehead atoms. The highest BCUT2D eigenvalue weighted by molar-refractivity contribution is 5.94. The Labute approximate surface area is 128 Å². The van der Waals surface area contributed by atoms with Gasteiger partial charge in [0.1, 0.15) is 17.4 Å². The maximum absolute atomic E-state index is 13.8. The molecule has 6 heteroatoms. The predicted octanol–water partition coefficient (Wildman–Crippen LogP) is 2.03. The van der Waals surface area contributed by atoms with Crippen LogP contribution in [-0.2, 0) is 9.53 Å². The minimum absolute atomic E-state index is 0.0182. The number of nitrogens with zero attached hydrogens (tertiary/aromatic N) is 2. The van der Waals surface area contributed by atoms with Crippen LogP contribution in [-0.4, -0.2) is 48.1 Å². The smallest absolute Gasteiger partial charge is 0.244 e. The van der Waals surface area contributed by atoms with Crippen molar-refractivity contribution in [3.8, 4) is 0 Å². The maximum atomic E-state index is 13.8. The van der Waals surface area contributed by atoms with E-state index in [9.17, 15) is 9.18 Å². The largest absolute Gasteiger partial charge is 0.378 e. The predicted molar refractivity (Wildman–Crippen MR) is 82.2 cm³/mol. The van der Waals surface area contributed by atoms with Crippen molar-refractivity contribution in [3.05, 3.63) is 36.3 Å². The Morgan fingerprint density at radius 1 is 1.36 bits per heavy atom. The molecule has 1 N–H and O–H groups in total. The van der Waals surface area contributed by atoms with E-state index in [1.807, 2.05) is 6.92 Å². The van der Waals surface area contributed by atoms with Crippen LogP contribution in [0.3, 0.4) is 0 Å². The van der Waals surface area contributed by atoms with Crippen LogP contribution in [0.5, 0.6) is 0 Å². The molecule has 1 aromatic carbocycles.